The molecule has 2 aromatic rings. The number of nitrogens with zero attached hydrogens (tertiary/aromatic N) is 1. The summed E-state index contributed by atoms with van der Waals surface area (Å²) in [5.41, 5.74) is -2.08. The van der Waals surface area contributed by atoms with Crippen LogP contribution < -0.4 is 11.2 Å². The quantitative estimate of drug-likeness (QED) is 0.726. The number of thiol groups is 1. The molecule has 1 aromatic carbocycles. The number of rotatable bonds is 2. The molecule has 1 aromatic heterocycles. The van der Waals surface area contributed by atoms with E-state index in [0.717, 1.165) is 6.20 Å². The van der Waals surface area contributed by atoms with Crippen LogP contribution in [-0.2, 0) is 0 Å². The highest BCUT2D eigenvalue weighted by Gasteiger charge is 2.15. The molecule has 98 valence electrons. The summed E-state index contributed by atoms with van der Waals surface area (Å²) in [5, 5.41) is 9.25. The Balaban J connectivity index is 2.82. The van der Waals surface area contributed by atoms with Crippen molar-refractivity contribution >= 4 is 30.2 Å². The summed E-state index contributed by atoms with van der Waals surface area (Å²) >= 11 is 9.86. The van der Waals surface area contributed by atoms with Gasteiger partial charge in [0, 0.05) is 16.1 Å². The fourth-order valence-electron chi connectivity index (χ4n) is 1.53. The molecule has 0 aliphatic carbocycles. The molecule has 0 spiro atoms. The minimum absolute atomic E-state index is 0.155. The van der Waals surface area contributed by atoms with Gasteiger partial charge in [-0.1, -0.05) is 11.6 Å². The molecule has 0 fully saturated rings. The number of hydrogen-bond acceptors (Lipinski definition) is 4. The fraction of sp³-hybridized carbons (Fsp3) is 0. The Morgan fingerprint density at radius 2 is 2.05 bits per heavy atom. The summed E-state index contributed by atoms with van der Waals surface area (Å²) in [7, 11) is 0. The van der Waals surface area contributed by atoms with Crippen molar-refractivity contribution in [1.82, 2.24) is 9.55 Å². The number of aromatic carboxylic acids is 1. The van der Waals surface area contributed by atoms with Gasteiger partial charge in [-0.3, -0.25) is 4.79 Å². The second-order valence-corrected chi connectivity index (χ2v) is 4.50. The lowest BCUT2D eigenvalue weighted by atomic mass is 10.3. The van der Waals surface area contributed by atoms with Crippen molar-refractivity contribution in [2.45, 2.75) is 4.90 Å². The number of carboxylic acid groups (broad SMARTS) is 1. The maximum absolute atomic E-state index is 12.0. The molecule has 0 unspecified atom stereocenters. The molecule has 0 aliphatic rings. The summed E-state index contributed by atoms with van der Waals surface area (Å²) in [6.07, 6.45) is 0.859. The average Bonchev–Trinajstić information content (AvgIpc) is 2.31. The Bertz CT molecular complexity index is 781. The lowest BCUT2D eigenvalue weighted by molar-refractivity contribution is 0.0694. The number of aromatic nitrogens is 2. The molecule has 0 atom stereocenters. The van der Waals surface area contributed by atoms with Crippen molar-refractivity contribution in [1.29, 1.82) is 0 Å². The van der Waals surface area contributed by atoms with Crippen LogP contribution in [0.15, 0.2) is 38.9 Å². The zero-order valence-electron chi connectivity index (χ0n) is 9.25. The van der Waals surface area contributed by atoms with Crippen molar-refractivity contribution < 1.29 is 9.90 Å². The Hall–Kier alpha value is -1.99. The van der Waals surface area contributed by atoms with Gasteiger partial charge in [-0.05, 0) is 18.2 Å². The van der Waals surface area contributed by atoms with E-state index in [4.69, 9.17) is 16.7 Å². The number of nitrogens with one attached hydrogen (secondary N) is 1. The van der Waals surface area contributed by atoms with E-state index >= 15 is 0 Å². The summed E-state index contributed by atoms with van der Waals surface area (Å²) in [5.74, 6) is -1.43. The molecule has 0 saturated carbocycles. The van der Waals surface area contributed by atoms with E-state index in [0.29, 0.717) is 9.59 Å². The first-order chi connectivity index (χ1) is 8.91. The van der Waals surface area contributed by atoms with Crippen LogP contribution >= 0.6 is 24.2 Å². The van der Waals surface area contributed by atoms with Crippen LogP contribution in [0.5, 0.6) is 0 Å². The SMILES string of the molecule is O=C(O)c1c[nH]c(=O)n(-c2ccc(Cl)cc2S)c1=O. The zero-order valence-corrected chi connectivity index (χ0v) is 10.9. The van der Waals surface area contributed by atoms with Crippen molar-refractivity contribution in [2.24, 2.45) is 0 Å². The van der Waals surface area contributed by atoms with Crippen LogP contribution in [-0.4, -0.2) is 20.6 Å². The summed E-state index contributed by atoms with van der Waals surface area (Å²) in [6, 6.07) is 4.32. The smallest absolute Gasteiger partial charge is 0.342 e. The molecule has 1 heterocycles. The molecule has 0 bridgehead atoms. The molecule has 2 N–H and O–H groups in total. The van der Waals surface area contributed by atoms with Crippen molar-refractivity contribution in [3.63, 3.8) is 0 Å². The predicted molar refractivity (Wildman–Crippen MR) is 71.9 cm³/mol. The zero-order chi connectivity index (χ0) is 14.2. The van der Waals surface area contributed by atoms with E-state index in [1.807, 2.05) is 0 Å². The lowest BCUT2D eigenvalue weighted by Crippen LogP contribution is -2.37. The van der Waals surface area contributed by atoms with E-state index in [9.17, 15) is 14.4 Å². The second kappa shape index (κ2) is 4.94. The summed E-state index contributed by atoms with van der Waals surface area (Å²) < 4.78 is 0.697. The first-order valence-electron chi connectivity index (χ1n) is 4.98. The van der Waals surface area contributed by atoms with Gasteiger partial charge in [-0.25, -0.2) is 14.2 Å². The third-order valence-corrected chi connectivity index (χ3v) is 2.98. The van der Waals surface area contributed by atoms with Gasteiger partial charge in [-0.2, -0.15) is 0 Å². The first-order valence-corrected chi connectivity index (χ1v) is 5.81. The van der Waals surface area contributed by atoms with Gasteiger partial charge in [-0.15, -0.1) is 12.6 Å². The van der Waals surface area contributed by atoms with E-state index in [1.54, 1.807) is 0 Å². The van der Waals surface area contributed by atoms with Crippen LogP contribution in [0.1, 0.15) is 10.4 Å². The number of H-pyrrole nitrogens is 1. The van der Waals surface area contributed by atoms with E-state index in [-0.39, 0.29) is 10.6 Å². The Morgan fingerprint density at radius 1 is 1.37 bits per heavy atom. The molecule has 0 aliphatic heterocycles. The van der Waals surface area contributed by atoms with Crippen LogP contribution in [0, 0.1) is 0 Å². The van der Waals surface area contributed by atoms with Gasteiger partial charge in [0.15, 0.2) is 0 Å². The number of aromatic amines is 1. The molecule has 0 saturated heterocycles. The topological polar surface area (TPSA) is 92.2 Å². The number of hydrogen-bond donors (Lipinski definition) is 3. The van der Waals surface area contributed by atoms with Crippen molar-refractivity contribution in [2.75, 3.05) is 0 Å². The molecule has 0 amide bonds. The van der Waals surface area contributed by atoms with E-state index < -0.39 is 22.8 Å². The Labute approximate surface area is 116 Å². The lowest BCUT2D eigenvalue weighted by Gasteiger charge is -2.08. The second-order valence-electron chi connectivity index (χ2n) is 3.59. The maximum atomic E-state index is 12.0. The Kier molecular flexibility index (Phi) is 3.50. The fourth-order valence-corrected chi connectivity index (χ4v) is 2.09. The molecule has 19 heavy (non-hydrogen) atoms. The standard InChI is InChI=1S/C11H7ClN2O4S/c12-5-1-2-7(8(19)3-5)14-9(15)6(10(16)17)4-13-11(14)18/h1-4,19H,(H,13,18)(H,16,17). The van der Waals surface area contributed by atoms with Crippen molar-refractivity contribution in [3.05, 3.63) is 55.8 Å². The minimum Gasteiger partial charge on any atom is -0.477 e. The monoisotopic (exact) mass is 298 g/mol. The van der Waals surface area contributed by atoms with Gasteiger partial charge in [0.2, 0.25) is 0 Å². The van der Waals surface area contributed by atoms with Gasteiger partial charge in [0.05, 0.1) is 5.69 Å². The third-order valence-electron chi connectivity index (χ3n) is 2.39. The number of carboxylic acids is 1. The van der Waals surface area contributed by atoms with Crippen molar-refractivity contribution in [3.8, 4) is 5.69 Å². The minimum atomic E-state index is -1.43. The molecule has 2 rings (SSSR count). The molecule has 8 heteroatoms. The highest BCUT2D eigenvalue weighted by molar-refractivity contribution is 7.80. The number of benzene rings is 1. The molecular formula is C11H7ClN2O4S. The molecule has 0 radical (unpaired) electrons. The summed E-state index contributed by atoms with van der Waals surface area (Å²) in [4.78, 5) is 37.0. The summed E-state index contributed by atoms with van der Waals surface area (Å²) in [6.45, 7) is 0. The molecular weight excluding hydrogens is 292 g/mol. The normalized spacial score (nSPS) is 10.4. The highest BCUT2D eigenvalue weighted by Crippen LogP contribution is 2.20. The van der Waals surface area contributed by atoms with Gasteiger partial charge in [0.1, 0.15) is 5.56 Å². The van der Waals surface area contributed by atoms with Crippen LogP contribution in [0.3, 0.4) is 0 Å². The van der Waals surface area contributed by atoms with E-state index in [1.165, 1.54) is 18.2 Å². The van der Waals surface area contributed by atoms with Crippen LogP contribution in [0.2, 0.25) is 5.02 Å². The molecule has 6 nitrogen and oxygen atoms in total. The maximum Gasteiger partial charge on any atom is 0.342 e. The largest absolute Gasteiger partial charge is 0.477 e. The van der Waals surface area contributed by atoms with Gasteiger partial charge in [0.25, 0.3) is 5.56 Å². The highest BCUT2D eigenvalue weighted by atomic mass is 35.5. The van der Waals surface area contributed by atoms with Gasteiger partial charge < -0.3 is 10.1 Å². The van der Waals surface area contributed by atoms with E-state index in [2.05, 4.69) is 17.6 Å². The number of halogens is 1. The number of carbonyl (C=O) groups is 1. The first kappa shape index (κ1) is 13.4. The van der Waals surface area contributed by atoms with Crippen LogP contribution in [0.4, 0.5) is 0 Å². The van der Waals surface area contributed by atoms with Crippen LogP contribution in [0.25, 0.3) is 5.69 Å². The van der Waals surface area contributed by atoms with Gasteiger partial charge >= 0.3 is 11.7 Å². The average molecular weight is 299 g/mol. The third kappa shape index (κ3) is 2.42. The Morgan fingerprint density at radius 3 is 2.63 bits per heavy atom. The predicted octanol–water partition coefficient (Wildman–Crippen LogP) is 1.17.